The molecule has 0 saturated heterocycles. The molecule has 0 aliphatic carbocycles. The zero-order valence-electron chi connectivity index (χ0n) is 28.0. The van der Waals surface area contributed by atoms with Gasteiger partial charge in [0.2, 0.25) is 0 Å². The lowest BCUT2D eigenvalue weighted by atomic mass is 10.1. The van der Waals surface area contributed by atoms with Crippen molar-refractivity contribution in [1.82, 2.24) is 19.1 Å². The normalized spacial score (nSPS) is 12.2. The molecule has 12 rings (SSSR count). The van der Waals surface area contributed by atoms with Gasteiger partial charge in [-0.2, -0.15) is 0 Å². The first-order chi connectivity index (χ1) is 26.3. The van der Waals surface area contributed by atoms with E-state index in [4.69, 9.17) is 14.7 Å². The number of benzene rings is 6. The van der Waals surface area contributed by atoms with Crippen LogP contribution in [0.1, 0.15) is 0 Å². The van der Waals surface area contributed by atoms with Crippen molar-refractivity contribution >= 4 is 107 Å². The third-order valence-corrected chi connectivity index (χ3v) is 12.7. The zero-order chi connectivity index (χ0) is 34.6. The van der Waals surface area contributed by atoms with Gasteiger partial charge in [-0.25, -0.2) is 9.97 Å². The number of fused-ring (bicyclic) bond motifs is 14. The maximum Gasteiger partial charge on any atom is 0.137 e. The summed E-state index contributed by atoms with van der Waals surface area (Å²) in [4.78, 5) is 9.62. The number of pyridine rings is 2. The number of ether oxygens (including phenoxy) is 1. The molecule has 0 bridgehead atoms. The molecular formula is C46H26N4OS2. The Balaban J connectivity index is 1.08. The summed E-state index contributed by atoms with van der Waals surface area (Å²) in [6.45, 7) is 0. The molecule has 0 aliphatic rings. The van der Waals surface area contributed by atoms with Gasteiger partial charge in [0.25, 0.3) is 0 Å². The molecule has 6 aromatic heterocycles. The number of hydrogen-bond acceptors (Lipinski definition) is 5. The van der Waals surface area contributed by atoms with E-state index in [2.05, 4.69) is 130 Å². The second-order valence-electron chi connectivity index (χ2n) is 13.4. The largest absolute Gasteiger partial charge is 0.457 e. The van der Waals surface area contributed by atoms with Crippen LogP contribution >= 0.6 is 22.7 Å². The maximum absolute atomic E-state index is 6.79. The molecule has 0 atom stereocenters. The van der Waals surface area contributed by atoms with Crippen molar-refractivity contribution in [2.24, 2.45) is 0 Å². The van der Waals surface area contributed by atoms with E-state index in [-0.39, 0.29) is 0 Å². The third kappa shape index (κ3) is 4.17. The Bertz CT molecular complexity index is 3200. The number of thiophene rings is 2. The Morgan fingerprint density at radius 3 is 1.32 bits per heavy atom. The van der Waals surface area contributed by atoms with Crippen LogP contribution in [0.2, 0.25) is 0 Å². The van der Waals surface area contributed by atoms with Crippen molar-refractivity contribution in [3.63, 3.8) is 0 Å². The maximum atomic E-state index is 6.79. The third-order valence-electron chi connectivity index (χ3n) is 10.5. The van der Waals surface area contributed by atoms with Crippen molar-refractivity contribution < 1.29 is 4.74 Å². The number of rotatable bonds is 4. The molecule has 5 nitrogen and oxygen atoms in total. The molecule has 0 unspecified atom stereocenters. The summed E-state index contributed by atoms with van der Waals surface area (Å²) in [6.07, 6.45) is 3.71. The Morgan fingerprint density at radius 2 is 0.849 bits per heavy atom. The molecule has 53 heavy (non-hydrogen) atoms. The minimum absolute atomic E-state index is 0.759. The van der Waals surface area contributed by atoms with Gasteiger partial charge in [0.1, 0.15) is 23.1 Å². The van der Waals surface area contributed by atoms with Crippen molar-refractivity contribution in [2.45, 2.75) is 0 Å². The lowest BCUT2D eigenvalue weighted by molar-refractivity contribution is 0.484. The predicted octanol–water partition coefficient (Wildman–Crippen LogP) is 13.2. The Kier molecular flexibility index (Phi) is 6.03. The topological polar surface area (TPSA) is 44.9 Å². The highest BCUT2D eigenvalue weighted by molar-refractivity contribution is 7.26. The Morgan fingerprint density at radius 1 is 0.377 bits per heavy atom. The molecule has 0 spiro atoms. The van der Waals surface area contributed by atoms with E-state index in [0.29, 0.717) is 0 Å². The Hall–Kier alpha value is -6.54. The molecule has 0 aliphatic heterocycles. The van der Waals surface area contributed by atoms with Crippen LogP contribution in [-0.4, -0.2) is 19.1 Å². The summed E-state index contributed by atoms with van der Waals surface area (Å²) in [6, 6.07) is 51.4. The van der Waals surface area contributed by atoms with Gasteiger partial charge in [-0.05, 0) is 84.9 Å². The first-order valence-corrected chi connectivity index (χ1v) is 19.2. The standard InChI is InChI=1S/C46H26N4OS2/c1-3-11-37-31(9-1)45-39(52-37)21-19-33-43(45)29-17-15-27(25-35(29)49(33)41-13-5-7-23-47-41)51-28-16-18-30-36(26-28)50(42-14-6-8-24-48-42)34-20-22-40-46(44(30)34)32-10-2-4-12-38(32)53-40/h1-26H. The first kappa shape index (κ1) is 29.1. The molecule has 0 N–H and O–H groups in total. The highest BCUT2D eigenvalue weighted by Crippen LogP contribution is 2.46. The number of hydrogen-bond donors (Lipinski definition) is 0. The van der Waals surface area contributed by atoms with E-state index in [0.717, 1.165) is 45.2 Å². The van der Waals surface area contributed by atoms with E-state index in [9.17, 15) is 0 Å². The molecular weight excluding hydrogens is 689 g/mol. The number of nitrogens with zero attached hydrogens (tertiary/aromatic N) is 4. The van der Waals surface area contributed by atoms with Crippen LogP contribution in [0, 0.1) is 0 Å². The van der Waals surface area contributed by atoms with E-state index in [1.165, 1.54) is 61.9 Å². The smallest absolute Gasteiger partial charge is 0.137 e. The van der Waals surface area contributed by atoms with Gasteiger partial charge < -0.3 is 4.74 Å². The second kappa shape index (κ2) is 11.0. The van der Waals surface area contributed by atoms with Gasteiger partial charge >= 0.3 is 0 Å². The number of aromatic nitrogens is 4. The van der Waals surface area contributed by atoms with Crippen molar-refractivity contribution in [1.29, 1.82) is 0 Å². The summed E-state index contributed by atoms with van der Waals surface area (Å²) in [5.41, 5.74) is 4.35. The highest BCUT2D eigenvalue weighted by Gasteiger charge is 2.21. The summed E-state index contributed by atoms with van der Waals surface area (Å²) in [5, 5.41) is 9.95. The van der Waals surface area contributed by atoms with Gasteiger partial charge in [0.15, 0.2) is 0 Å². The van der Waals surface area contributed by atoms with Crippen LogP contribution in [0.5, 0.6) is 11.5 Å². The molecule has 6 heterocycles. The lowest BCUT2D eigenvalue weighted by Gasteiger charge is -2.10. The summed E-state index contributed by atoms with van der Waals surface area (Å²) in [7, 11) is 0. The Labute approximate surface area is 310 Å². The van der Waals surface area contributed by atoms with Crippen LogP contribution in [-0.2, 0) is 0 Å². The SMILES string of the molecule is c1ccc(-n2c3cc(Oc4ccc5c6c7c(ccc6n(-c6ccccn6)c5c4)sc4ccccc47)ccc3c3c4c(ccc32)sc2ccccc24)nc1. The minimum atomic E-state index is 0.759. The van der Waals surface area contributed by atoms with Gasteiger partial charge in [-0.1, -0.05) is 48.5 Å². The average Bonchev–Trinajstić information content (AvgIpc) is 3.95. The van der Waals surface area contributed by atoms with E-state index >= 15 is 0 Å². The fraction of sp³-hybridized carbons (Fsp3) is 0. The molecule has 6 aromatic carbocycles. The summed E-state index contributed by atoms with van der Waals surface area (Å²) < 4.78 is 16.5. The molecule has 12 aromatic rings. The van der Waals surface area contributed by atoms with E-state index in [1.54, 1.807) is 0 Å². The fourth-order valence-corrected chi connectivity index (χ4v) is 10.6. The lowest BCUT2D eigenvalue weighted by Crippen LogP contribution is -1.97. The molecule has 0 saturated carbocycles. The van der Waals surface area contributed by atoms with Crippen LogP contribution in [0.3, 0.4) is 0 Å². The molecule has 0 fully saturated rings. The van der Waals surface area contributed by atoms with Crippen molar-refractivity contribution in [3.8, 4) is 23.1 Å². The quantitative estimate of drug-likeness (QED) is 0.182. The van der Waals surface area contributed by atoms with Crippen LogP contribution < -0.4 is 4.74 Å². The van der Waals surface area contributed by atoms with Crippen LogP contribution in [0.4, 0.5) is 0 Å². The molecule has 0 amide bonds. The van der Waals surface area contributed by atoms with Crippen molar-refractivity contribution in [2.75, 3.05) is 0 Å². The summed E-state index contributed by atoms with van der Waals surface area (Å²) in [5.74, 6) is 3.26. The first-order valence-electron chi connectivity index (χ1n) is 17.6. The zero-order valence-corrected chi connectivity index (χ0v) is 29.7. The van der Waals surface area contributed by atoms with E-state index in [1.807, 2.05) is 59.3 Å². The van der Waals surface area contributed by atoms with Gasteiger partial charge in [0, 0.05) is 86.4 Å². The average molecular weight is 715 g/mol. The van der Waals surface area contributed by atoms with Gasteiger partial charge in [0.05, 0.1) is 22.1 Å². The fourth-order valence-electron chi connectivity index (χ4n) is 8.33. The van der Waals surface area contributed by atoms with Crippen molar-refractivity contribution in [3.05, 3.63) is 158 Å². The molecule has 7 heteroatoms. The van der Waals surface area contributed by atoms with Gasteiger partial charge in [-0.3, -0.25) is 9.13 Å². The molecule has 248 valence electrons. The van der Waals surface area contributed by atoms with Crippen LogP contribution in [0.15, 0.2) is 158 Å². The minimum Gasteiger partial charge on any atom is -0.457 e. The van der Waals surface area contributed by atoms with E-state index < -0.39 is 0 Å². The highest BCUT2D eigenvalue weighted by atomic mass is 32.1. The van der Waals surface area contributed by atoms with Gasteiger partial charge in [-0.15, -0.1) is 22.7 Å². The van der Waals surface area contributed by atoms with Crippen LogP contribution in [0.25, 0.3) is 95.6 Å². The summed E-state index contributed by atoms with van der Waals surface area (Å²) >= 11 is 3.69. The predicted molar refractivity (Wildman–Crippen MR) is 223 cm³/mol. The second-order valence-corrected chi connectivity index (χ2v) is 15.5. The monoisotopic (exact) mass is 714 g/mol. The molecule has 0 radical (unpaired) electrons.